The topological polar surface area (TPSA) is 120 Å². The first-order chi connectivity index (χ1) is 12.6. The van der Waals surface area contributed by atoms with E-state index in [-0.39, 0.29) is 19.6 Å². The molecule has 0 aliphatic rings. The van der Waals surface area contributed by atoms with E-state index in [4.69, 9.17) is 4.74 Å². The van der Waals surface area contributed by atoms with Gasteiger partial charge in [0.05, 0.1) is 12.3 Å². The zero-order chi connectivity index (χ0) is 18.4. The average Bonchev–Trinajstić information content (AvgIpc) is 3.14. The molecular formula is C18H20N4O4. The van der Waals surface area contributed by atoms with Crippen LogP contribution in [0.5, 0.6) is 0 Å². The number of H-pyrrole nitrogens is 1. The second-order valence-electron chi connectivity index (χ2n) is 5.87. The van der Waals surface area contributed by atoms with Gasteiger partial charge in [0.2, 0.25) is 0 Å². The molecule has 0 saturated heterocycles. The number of nitrogens with zero attached hydrogens (tertiary/aromatic N) is 2. The van der Waals surface area contributed by atoms with Crippen LogP contribution in [0.3, 0.4) is 0 Å². The Kier molecular flexibility index (Phi) is 5.77. The standard InChI is InChI=1S/C18H20N4O4/c23-15(16(24)13-8-14-10-21-22-17(14)20-9-13)6-7-19-18(25)26-11-12-4-2-1-3-5-12/h1-5,8-10,15-16,23-24H,6-7,11H2,(H,19,25)(H,20,21,22). The lowest BCUT2D eigenvalue weighted by atomic mass is 10.0. The van der Waals surface area contributed by atoms with Crippen molar-refractivity contribution in [3.8, 4) is 0 Å². The highest BCUT2D eigenvalue weighted by Crippen LogP contribution is 2.21. The Bertz CT molecular complexity index is 853. The molecule has 0 saturated carbocycles. The molecular weight excluding hydrogens is 336 g/mol. The van der Waals surface area contributed by atoms with E-state index in [9.17, 15) is 15.0 Å². The highest BCUT2D eigenvalue weighted by molar-refractivity contribution is 5.74. The van der Waals surface area contributed by atoms with E-state index in [1.165, 1.54) is 6.20 Å². The van der Waals surface area contributed by atoms with Crippen molar-refractivity contribution in [3.63, 3.8) is 0 Å². The maximum absolute atomic E-state index is 11.7. The van der Waals surface area contributed by atoms with Gasteiger partial charge in [0, 0.05) is 23.7 Å². The third kappa shape index (κ3) is 4.56. The molecule has 8 nitrogen and oxygen atoms in total. The molecule has 0 aliphatic carbocycles. The summed E-state index contributed by atoms with van der Waals surface area (Å²) in [6.45, 7) is 0.349. The third-order valence-corrected chi connectivity index (χ3v) is 3.94. The van der Waals surface area contributed by atoms with Crippen LogP contribution in [0.2, 0.25) is 0 Å². The Labute approximate surface area is 149 Å². The van der Waals surface area contributed by atoms with Gasteiger partial charge in [0.15, 0.2) is 5.65 Å². The number of hydrogen-bond donors (Lipinski definition) is 4. The van der Waals surface area contributed by atoms with Gasteiger partial charge >= 0.3 is 6.09 Å². The van der Waals surface area contributed by atoms with Crippen LogP contribution in [0.25, 0.3) is 11.0 Å². The van der Waals surface area contributed by atoms with Crippen LogP contribution in [-0.2, 0) is 11.3 Å². The number of fused-ring (bicyclic) bond motifs is 1. The first-order valence-electron chi connectivity index (χ1n) is 8.23. The maximum Gasteiger partial charge on any atom is 0.407 e. The summed E-state index contributed by atoms with van der Waals surface area (Å²) in [5.41, 5.74) is 1.98. The van der Waals surface area contributed by atoms with Crippen molar-refractivity contribution >= 4 is 17.1 Å². The monoisotopic (exact) mass is 356 g/mol. The summed E-state index contributed by atoms with van der Waals surface area (Å²) in [5.74, 6) is 0. The van der Waals surface area contributed by atoms with Gasteiger partial charge in [-0.1, -0.05) is 30.3 Å². The highest BCUT2D eigenvalue weighted by Gasteiger charge is 2.19. The Morgan fingerprint density at radius 2 is 2.04 bits per heavy atom. The quantitative estimate of drug-likeness (QED) is 0.511. The maximum atomic E-state index is 11.7. The second-order valence-corrected chi connectivity index (χ2v) is 5.87. The number of aliphatic hydroxyl groups is 2. The van der Waals surface area contributed by atoms with Crippen molar-refractivity contribution in [2.45, 2.75) is 25.2 Å². The fourth-order valence-corrected chi connectivity index (χ4v) is 2.49. The van der Waals surface area contributed by atoms with Gasteiger partial charge in [0.1, 0.15) is 12.7 Å². The van der Waals surface area contributed by atoms with Crippen molar-refractivity contribution in [1.82, 2.24) is 20.5 Å². The smallest absolute Gasteiger partial charge is 0.407 e. The predicted octanol–water partition coefficient (Wildman–Crippen LogP) is 1.67. The number of rotatable bonds is 7. The van der Waals surface area contributed by atoms with E-state index in [0.29, 0.717) is 11.2 Å². The molecule has 2 heterocycles. The summed E-state index contributed by atoms with van der Waals surface area (Å²) < 4.78 is 5.08. The normalized spacial score (nSPS) is 13.3. The van der Waals surface area contributed by atoms with Gasteiger partial charge in [-0.3, -0.25) is 5.10 Å². The molecule has 2 atom stereocenters. The number of amides is 1. The molecule has 3 aromatic rings. The van der Waals surface area contributed by atoms with Crippen LogP contribution >= 0.6 is 0 Å². The van der Waals surface area contributed by atoms with E-state index >= 15 is 0 Å². The van der Waals surface area contributed by atoms with Gasteiger partial charge in [-0.25, -0.2) is 9.78 Å². The van der Waals surface area contributed by atoms with Crippen molar-refractivity contribution in [2.75, 3.05) is 6.54 Å². The first kappa shape index (κ1) is 17.8. The van der Waals surface area contributed by atoms with Crippen LogP contribution in [0.4, 0.5) is 4.79 Å². The number of nitrogens with one attached hydrogen (secondary N) is 2. The van der Waals surface area contributed by atoms with Crippen LogP contribution in [0.15, 0.2) is 48.8 Å². The van der Waals surface area contributed by atoms with Crippen LogP contribution < -0.4 is 5.32 Å². The lowest BCUT2D eigenvalue weighted by Gasteiger charge is -2.18. The van der Waals surface area contributed by atoms with E-state index in [0.717, 1.165) is 10.9 Å². The minimum atomic E-state index is -1.11. The molecule has 0 spiro atoms. The zero-order valence-corrected chi connectivity index (χ0v) is 14.0. The number of carbonyl (C=O) groups excluding carboxylic acids is 1. The summed E-state index contributed by atoms with van der Waals surface area (Å²) in [6, 6.07) is 11.0. The summed E-state index contributed by atoms with van der Waals surface area (Å²) in [7, 11) is 0. The molecule has 0 bridgehead atoms. The molecule has 26 heavy (non-hydrogen) atoms. The number of hydrogen-bond acceptors (Lipinski definition) is 6. The Hall–Kier alpha value is -2.97. The van der Waals surface area contributed by atoms with E-state index in [1.807, 2.05) is 30.3 Å². The number of benzene rings is 1. The summed E-state index contributed by atoms with van der Waals surface area (Å²) >= 11 is 0. The Balaban J connectivity index is 1.42. The SMILES string of the molecule is O=C(NCCC(O)C(O)c1cnc2[nH]ncc2c1)OCc1ccccc1. The summed E-state index contributed by atoms with van der Waals surface area (Å²) in [4.78, 5) is 15.8. The molecule has 0 radical (unpaired) electrons. The molecule has 2 unspecified atom stereocenters. The van der Waals surface area contributed by atoms with Gasteiger partial charge < -0.3 is 20.3 Å². The summed E-state index contributed by atoms with van der Waals surface area (Å²) in [5, 5.41) is 30.2. The van der Waals surface area contributed by atoms with Crippen LogP contribution in [-0.4, -0.2) is 44.1 Å². The zero-order valence-electron chi connectivity index (χ0n) is 14.0. The fourth-order valence-electron chi connectivity index (χ4n) is 2.49. The van der Waals surface area contributed by atoms with Gasteiger partial charge in [-0.2, -0.15) is 5.10 Å². The number of carbonyl (C=O) groups is 1. The van der Waals surface area contributed by atoms with E-state index < -0.39 is 18.3 Å². The second kappa shape index (κ2) is 8.41. The summed E-state index contributed by atoms with van der Waals surface area (Å²) in [6.07, 6.45) is 0.521. The lowest BCUT2D eigenvalue weighted by Crippen LogP contribution is -2.29. The largest absolute Gasteiger partial charge is 0.445 e. The molecule has 8 heteroatoms. The Morgan fingerprint density at radius 3 is 2.85 bits per heavy atom. The van der Waals surface area contributed by atoms with Crippen molar-refractivity contribution in [3.05, 3.63) is 59.9 Å². The number of aliphatic hydroxyl groups excluding tert-OH is 2. The molecule has 0 fully saturated rings. The molecule has 136 valence electrons. The number of ether oxygens (including phenoxy) is 1. The van der Waals surface area contributed by atoms with E-state index in [1.54, 1.807) is 12.3 Å². The van der Waals surface area contributed by atoms with Crippen LogP contribution in [0, 0.1) is 0 Å². The lowest BCUT2D eigenvalue weighted by molar-refractivity contribution is 0.0135. The highest BCUT2D eigenvalue weighted by atomic mass is 16.5. The molecule has 1 amide bonds. The molecule has 4 N–H and O–H groups in total. The van der Waals surface area contributed by atoms with Crippen molar-refractivity contribution in [1.29, 1.82) is 0 Å². The van der Waals surface area contributed by atoms with Crippen molar-refractivity contribution in [2.24, 2.45) is 0 Å². The first-order valence-corrected chi connectivity index (χ1v) is 8.23. The minimum absolute atomic E-state index is 0.172. The minimum Gasteiger partial charge on any atom is -0.445 e. The molecule has 3 rings (SSSR count). The number of aromatic nitrogens is 3. The van der Waals surface area contributed by atoms with Gasteiger partial charge in [-0.05, 0) is 18.1 Å². The van der Waals surface area contributed by atoms with Crippen molar-refractivity contribution < 1.29 is 19.7 Å². The molecule has 0 aliphatic heterocycles. The fraction of sp³-hybridized carbons (Fsp3) is 0.278. The predicted molar refractivity (Wildman–Crippen MR) is 94.1 cm³/mol. The molecule has 2 aromatic heterocycles. The Morgan fingerprint density at radius 1 is 1.23 bits per heavy atom. The van der Waals surface area contributed by atoms with Gasteiger partial charge in [0.25, 0.3) is 0 Å². The van der Waals surface area contributed by atoms with E-state index in [2.05, 4.69) is 20.5 Å². The third-order valence-electron chi connectivity index (χ3n) is 3.94. The number of alkyl carbamates (subject to hydrolysis) is 1. The molecule has 1 aromatic carbocycles. The average molecular weight is 356 g/mol. The van der Waals surface area contributed by atoms with Crippen LogP contribution in [0.1, 0.15) is 23.7 Å². The van der Waals surface area contributed by atoms with Gasteiger partial charge in [-0.15, -0.1) is 0 Å². The number of pyridine rings is 1. The number of aromatic amines is 1.